The number of nitrogens with one attached hydrogen (secondary N) is 1. The molecular formula is C23H27N3O3. The van der Waals surface area contributed by atoms with Gasteiger partial charge in [0.05, 0.1) is 7.11 Å². The monoisotopic (exact) mass is 393 g/mol. The average Bonchev–Trinajstić information content (AvgIpc) is 3.29. The van der Waals surface area contributed by atoms with Crippen LogP contribution in [0.2, 0.25) is 0 Å². The van der Waals surface area contributed by atoms with E-state index in [4.69, 9.17) is 10.5 Å². The van der Waals surface area contributed by atoms with Gasteiger partial charge in [-0.25, -0.2) is 0 Å². The van der Waals surface area contributed by atoms with Gasteiger partial charge in [0.2, 0.25) is 5.91 Å². The molecule has 0 bridgehead atoms. The summed E-state index contributed by atoms with van der Waals surface area (Å²) in [6.45, 7) is 4.56. The molecule has 0 spiro atoms. The SMILES string of the molecule is COc1cc(NC(=O)[C@@H]2CC[C@@H](N3Cc4c(C)cc(N)cc4C3=O)C2)ccc1C. The summed E-state index contributed by atoms with van der Waals surface area (Å²) in [5.74, 6) is 0.685. The quantitative estimate of drug-likeness (QED) is 0.777. The first kappa shape index (κ1) is 19.3. The lowest BCUT2D eigenvalue weighted by Gasteiger charge is -2.24. The number of nitrogen functional groups attached to an aromatic ring is 1. The van der Waals surface area contributed by atoms with E-state index in [0.29, 0.717) is 24.2 Å². The number of rotatable bonds is 4. The summed E-state index contributed by atoms with van der Waals surface area (Å²) in [6.07, 6.45) is 2.30. The minimum atomic E-state index is -0.102. The molecule has 29 heavy (non-hydrogen) atoms. The second-order valence-electron chi connectivity index (χ2n) is 8.13. The number of methoxy groups -OCH3 is 1. The van der Waals surface area contributed by atoms with Crippen molar-refractivity contribution in [3.63, 3.8) is 0 Å². The van der Waals surface area contributed by atoms with Gasteiger partial charge in [-0.05, 0) is 68.0 Å². The molecule has 2 aromatic rings. The highest BCUT2D eigenvalue weighted by molar-refractivity contribution is 6.00. The van der Waals surface area contributed by atoms with Gasteiger partial charge in [0.1, 0.15) is 5.75 Å². The van der Waals surface area contributed by atoms with E-state index in [1.54, 1.807) is 13.2 Å². The summed E-state index contributed by atoms with van der Waals surface area (Å²) in [5.41, 5.74) is 11.1. The molecule has 0 unspecified atom stereocenters. The molecule has 2 atom stereocenters. The fraction of sp³-hybridized carbons (Fsp3) is 0.391. The van der Waals surface area contributed by atoms with Crippen LogP contribution >= 0.6 is 0 Å². The van der Waals surface area contributed by atoms with Gasteiger partial charge in [0.15, 0.2) is 0 Å². The number of fused-ring (bicyclic) bond motifs is 1. The van der Waals surface area contributed by atoms with Crippen molar-refractivity contribution in [2.24, 2.45) is 5.92 Å². The van der Waals surface area contributed by atoms with E-state index in [9.17, 15) is 9.59 Å². The van der Waals surface area contributed by atoms with E-state index in [1.165, 1.54) is 0 Å². The molecule has 0 aromatic heterocycles. The molecular weight excluding hydrogens is 366 g/mol. The largest absolute Gasteiger partial charge is 0.496 e. The van der Waals surface area contributed by atoms with Crippen LogP contribution in [0.4, 0.5) is 11.4 Å². The Morgan fingerprint density at radius 3 is 2.72 bits per heavy atom. The number of benzene rings is 2. The van der Waals surface area contributed by atoms with Crippen LogP contribution in [0.1, 0.15) is 46.3 Å². The Balaban J connectivity index is 1.42. The van der Waals surface area contributed by atoms with Crippen molar-refractivity contribution in [1.82, 2.24) is 4.90 Å². The molecule has 1 saturated carbocycles. The number of nitrogens with zero attached hydrogens (tertiary/aromatic N) is 1. The molecule has 2 aliphatic rings. The lowest BCUT2D eigenvalue weighted by molar-refractivity contribution is -0.119. The lowest BCUT2D eigenvalue weighted by Crippen LogP contribution is -2.34. The summed E-state index contributed by atoms with van der Waals surface area (Å²) < 4.78 is 5.33. The summed E-state index contributed by atoms with van der Waals surface area (Å²) in [5, 5.41) is 3.00. The lowest BCUT2D eigenvalue weighted by atomic mass is 10.0. The van der Waals surface area contributed by atoms with Gasteiger partial charge in [-0.3, -0.25) is 9.59 Å². The Bertz CT molecular complexity index is 986. The van der Waals surface area contributed by atoms with Crippen molar-refractivity contribution in [1.29, 1.82) is 0 Å². The fourth-order valence-electron chi connectivity index (χ4n) is 4.56. The minimum Gasteiger partial charge on any atom is -0.496 e. The third-order valence-electron chi connectivity index (χ3n) is 6.21. The number of carbonyl (C=O) groups excluding carboxylic acids is 2. The minimum absolute atomic E-state index is 0.00277. The first-order chi connectivity index (χ1) is 13.9. The smallest absolute Gasteiger partial charge is 0.254 e. The van der Waals surface area contributed by atoms with Crippen LogP contribution in [0.15, 0.2) is 30.3 Å². The van der Waals surface area contributed by atoms with Gasteiger partial charge < -0.3 is 20.7 Å². The zero-order valence-corrected chi connectivity index (χ0v) is 17.1. The number of hydrogen-bond acceptors (Lipinski definition) is 4. The fourth-order valence-corrected chi connectivity index (χ4v) is 4.56. The van der Waals surface area contributed by atoms with Crippen LogP contribution in [-0.4, -0.2) is 29.9 Å². The van der Waals surface area contributed by atoms with E-state index in [-0.39, 0.29) is 23.8 Å². The predicted molar refractivity (Wildman–Crippen MR) is 113 cm³/mol. The topological polar surface area (TPSA) is 84.7 Å². The molecule has 1 aliphatic carbocycles. The molecule has 152 valence electrons. The highest BCUT2D eigenvalue weighted by atomic mass is 16.5. The van der Waals surface area contributed by atoms with Crippen LogP contribution in [0.25, 0.3) is 0 Å². The van der Waals surface area contributed by atoms with Crippen LogP contribution in [0, 0.1) is 19.8 Å². The molecule has 1 aliphatic heterocycles. The number of anilines is 2. The van der Waals surface area contributed by atoms with Crippen molar-refractivity contribution in [2.75, 3.05) is 18.2 Å². The zero-order valence-electron chi connectivity index (χ0n) is 17.1. The molecule has 6 heteroatoms. The highest BCUT2D eigenvalue weighted by Gasteiger charge is 2.39. The maximum atomic E-state index is 12.9. The second kappa shape index (κ2) is 7.43. The van der Waals surface area contributed by atoms with Gasteiger partial charge in [-0.15, -0.1) is 0 Å². The normalized spacial score (nSPS) is 20.7. The third kappa shape index (κ3) is 3.55. The van der Waals surface area contributed by atoms with Crippen molar-refractivity contribution >= 4 is 23.2 Å². The Labute approximate surface area is 171 Å². The Morgan fingerprint density at radius 1 is 1.17 bits per heavy atom. The first-order valence-corrected chi connectivity index (χ1v) is 10.0. The standard InChI is InChI=1S/C23H27N3O3/c1-13-4-6-17(11-21(13)29-3)25-22(27)15-5-7-18(9-15)26-12-20-14(2)8-16(24)10-19(20)23(26)28/h4,6,8,10-11,15,18H,5,7,9,12,24H2,1-3H3,(H,25,27)/t15-,18-/m1/s1. The van der Waals surface area contributed by atoms with Crippen molar-refractivity contribution in [3.05, 3.63) is 52.6 Å². The number of ether oxygens (including phenoxy) is 1. The first-order valence-electron chi connectivity index (χ1n) is 10.0. The molecule has 4 rings (SSSR count). The van der Waals surface area contributed by atoms with E-state index < -0.39 is 0 Å². The summed E-state index contributed by atoms with van der Waals surface area (Å²) in [4.78, 5) is 27.6. The number of nitrogens with two attached hydrogens (primary N) is 1. The molecule has 0 saturated heterocycles. The molecule has 1 fully saturated rings. The van der Waals surface area contributed by atoms with Crippen LogP contribution in [0.3, 0.4) is 0 Å². The molecule has 6 nitrogen and oxygen atoms in total. The van der Waals surface area contributed by atoms with Gasteiger partial charge >= 0.3 is 0 Å². The number of carbonyl (C=O) groups is 2. The van der Waals surface area contributed by atoms with Gasteiger partial charge in [-0.2, -0.15) is 0 Å². The Morgan fingerprint density at radius 2 is 1.97 bits per heavy atom. The maximum Gasteiger partial charge on any atom is 0.254 e. The highest BCUT2D eigenvalue weighted by Crippen LogP contribution is 2.37. The molecule has 0 radical (unpaired) electrons. The van der Waals surface area contributed by atoms with Crippen molar-refractivity contribution in [2.45, 2.75) is 45.7 Å². The predicted octanol–water partition coefficient (Wildman–Crippen LogP) is 3.66. The summed E-state index contributed by atoms with van der Waals surface area (Å²) >= 11 is 0. The van der Waals surface area contributed by atoms with E-state index in [1.807, 2.05) is 43.0 Å². The van der Waals surface area contributed by atoms with E-state index in [0.717, 1.165) is 41.0 Å². The average molecular weight is 393 g/mol. The van der Waals surface area contributed by atoms with Crippen LogP contribution < -0.4 is 15.8 Å². The number of amides is 2. The second-order valence-corrected chi connectivity index (χ2v) is 8.13. The van der Waals surface area contributed by atoms with E-state index >= 15 is 0 Å². The van der Waals surface area contributed by atoms with Crippen LogP contribution in [-0.2, 0) is 11.3 Å². The third-order valence-corrected chi connectivity index (χ3v) is 6.21. The molecule has 3 N–H and O–H groups in total. The molecule has 1 heterocycles. The Hall–Kier alpha value is -3.02. The Kier molecular flexibility index (Phi) is 4.94. The van der Waals surface area contributed by atoms with Crippen LogP contribution in [0.5, 0.6) is 5.75 Å². The van der Waals surface area contributed by atoms with Gasteiger partial charge in [-0.1, -0.05) is 6.07 Å². The van der Waals surface area contributed by atoms with Crippen molar-refractivity contribution in [3.8, 4) is 5.75 Å². The number of aryl methyl sites for hydroxylation is 2. The van der Waals surface area contributed by atoms with Crippen molar-refractivity contribution < 1.29 is 14.3 Å². The maximum absolute atomic E-state index is 12.9. The van der Waals surface area contributed by atoms with E-state index in [2.05, 4.69) is 5.32 Å². The summed E-state index contributed by atoms with van der Waals surface area (Å²) in [6, 6.07) is 9.42. The van der Waals surface area contributed by atoms with Gasteiger partial charge in [0, 0.05) is 41.5 Å². The summed E-state index contributed by atoms with van der Waals surface area (Å²) in [7, 11) is 1.62. The van der Waals surface area contributed by atoms with Gasteiger partial charge in [0.25, 0.3) is 5.91 Å². The molecule has 2 aromatic carbocycles. The zero-order chi connectivity index (χ0) is 20.7. The number of hydrogen-bond donors (Lipinski definition) is 2. The molecule has 2 amide bonds.